The van der Waals surface area contributed by atoms with Gasteiger partial charge in [-0.25, -0.2) is 0 Å². The lowest BCUT2D eigenvalue weighted by atomic mass is 10.2. The molecule has 0 heterocycles. The minimum absolute atomic E-state index is 0.487. The number of aldehydes is 1. The van der Waals surface area contributed by atoms with Crippen molar-refractivity contribution in [3.63, 3.8) is 0 Å². The van der Waals surface area contributed by atoms with Crippen LogP contribution >= 0.6 is 0 Å². The largest absolute Gasteiger partial charge is 0.377 e. The van der Waals surface area contributed by atoms with E-state index >= 15 is 0 Å². The van der Waals surface area contributed by atoms with Gasteiger partial charge < -0.3 is 9.47 Å². The fourth-order valence-electron chi connectivity index (χ4n) is 0.803. The molecule has 76 valence electrons. The lowest BCUT2D eigenvalue weighted by Crippen LogP contribution is -2.08. The molecule has 0 aliphatic heterocycles. The molecule has 0 fully saturated rings. The van der Waals surface area contributed by atoms with E-state index in [1.54, 1.807) is 6.92 Å². The Morgan fingerprint density at radius 2 is 1.62 bits per heavy atom. The molecule has 0 amide bonds. The summed E-state index contributed by atoms with van der Waals surface area (Å²) in [5.74, 6) is 0. The normalized spacial score (nSPS) is 9.77. The second-order valence-corrected chi connectivity index (χ2v) is 2.68. The molecule has 0 rings (SSSR count). The zero-order valence-corrected chi connectivity index (χ0v) is 8.63. The quantitative estimate of drug-likeness (QED) is 0.447. The Labute approximate surface area is 79.7 Å². The summed E-state index contributed by atoms with van der Waals surface area (Å²) < 4.78 is 10.4. The first-order valence-corrected chi connectivity index (χ1v) is 4.55. The maximum Gasteiger partial charge on any atom is 0.145 e. The topological polar surface area (TPSA) is 35.5 Å². The number of hydrogen-bond donors (Lipinski definition) is 0. The van der Waals surface area contributed by atoms with Crippen LogP contribution in [-0.4, -0.2) is 32.7 Å². The highest BCUT2D eigenvalue weighted by Crippen LogP contribution is 2.03. The van der Waals surface area contributed by atoms with Crippen molar-refractivity contribution in [3.05, 3.63) is 11.1 Å². The molecule has 0 aromatic rings. The van der Waals surface area contributed by atoms with Crippen molar-refractivity contribution >= 4 is 6.29 Å². The first-order chi connectivity index (χ1) is 6.26. The molecule has 0 aromatic heterocycles. The third kappa shape index (κ3) is 5.55. The van der Waals surface area contributed by atoms with Crippen molar-refractivity contribution in [1.29, 1.82) is 0 Å². The Bertz CT molecular complexity index is 163. The van der Waals surface area contributed by atoms with Crippen molar-refractivity contribution in [2.45, 2.75) is 20.8 Å². The minimum Gasteiger partial charge on any atom is -0.377 e. The summed E-state index contributed by atoms with van der Waals surface area (Å²) in [5.41, 5.74) is 1.64. The SMILES string of the molecule is CCOCC(COCC)=C(C)C=O. The van der Waals surface area contributed by atoms with Gasteiger partial charge in [-0.2, -0.15) is 0 Å². The molecule has 0 unspecified atom stereocenters. The maximum absolute atomic E-state index is 10.5. The van der Waals surface area contributed by atoms with Crippen LogP contribution in [0.2, 0.25) is 0 Å². The highest BCUT2D eigenvalue weighted by Gasteiger charge is 2.02. The summed E-state index contributed by atoms with van der Waals surface area (Å²) in [6, 6.07) is 0. The summed E-state index contributed by atoms with van der Waals surface area (Å²) in [5, 5.41) is 0. The van der Waals surface area contributed by atoms with Gasteiger partial charge in [0.15, 0.2) is 0 Å². The Morgan fingerprint density at radius 1 is 1.15 bits per heavy atom. The van der Waals surface area contributed by atoms with E-state index in [9.17, 15) is 4.79 Å². The number of carbonyl (C=O) groups excluding carboxylic acids is 1. The highest BCUT2D eigenvalue weighted by atomic mass is 16.5. The summed E-state index contributed by atoms with van der Waals surface area (Å²) >= 11 is 0. The van der Waals surface area contributed by atoms with E-state index < -0.39 is 0 Å². The Hall–Kier alpha value is -0.670. The molecule has 3 heteroatoms. The van der Waals surface area contributed by atoms with Crippen molar-refractivity contribution < 1.29 is 14.3 Å². The molecule has 0 aliphatic carbocycles. The van der Waals surface area contributed by atoms with Crippen LogP contribution < -0.4 is 0 Å². The van der Waals surface area contributed by atoms with Crippen molar-refractivity contribution in [3.8, 4) is 0 Å². The molecular formula is C10H18O3. The number of ether oxygens (including phenoxy) is 2. The van der Waals surface area contributed by atoms with Gasteiger partial charge in [0.2, 0.25) is 0 Å². The highest BCUT2D eigenvalue weighted by molar-refractivity contribution is 5.73. The number of hydrogen-bond acceptors (Lipinski definition) is 3. The zero-order valence-electron chi connectivity index (χ0n) is 8.63. The smallest absolute Gasteiger partial charge is 0.145 e. The van der Waals surface area contributed by atoms with E-state index in [4.69, 9.17) is 9.47 Å². The van der Waals surface area contributed by atoms with Crippen LogP contribution in [-0.2, 0) is 14.3 Å². The molecule has 0 aliphatic rings. The second-order valence-electron chi connectivity index (χ2n) is 2.68. The number of rotatable bonds is 7. The van der Waals surface area contributed by atoms with Crippen LogP contribution in [0.1, 0.15) is 20.8 Å². The molecule has 0 N–H and O–H groups in total. The summed E-state index contributed by atoms with van der Waals surface area (Å²) in [6.07, 6.45) is 0.841. The van der Waals surface area contributed by atoms with Crippen molar-refractivity contribution in [1.82, 2.24) is 0 Å². The van der Waals surface area contributed by atoms with Gasteiger partial charge >= 0.3 is 0 Å². The second kappa shape index (κ2) is 7.95. The molecular weight excluding hydrogens is 168 g/mol. The average Bonchev–Trinajstić information content (AvgIpc) is 2.17. The first-order valence-electron chi connectivity index (χ1n) is 4.55. The number of allylic oxidation sites excluding steroid dienone is 1. The van der Waals surface area contributed by atoms with Crippen molar-refractivity contribution in [2.75, 3.05) is 26.4 Å². The van der Waals surface area contributed by atoms with Gasteiger partial charge in [0.25, 0.3) is 0 Å². The molecule has 0 aromatic carbocycles. The van der Waals surface area contributed by atoms with Crippen LogP contribution in [0.4, 0.5) is 0 Å². The van der Waals surface area contributed by atoms with Crippen LogP contribution in [0.3, 0.4) is 0 Å². The molecule has 0 saturated carbocycles. The van der Waals surface area contributed by atoms with E-state index in [0.29, 0.717) is 32.0 Å². The molecule has 0 radical (unpaired) electrons. The first kappa shape index (κ1) is 12.3. The lowest BCUT2D eigenvalue weighted by Gasteiger charge is -2.08. The van der Waals surface area contributed by atoms with Gasteiger partial charge in [0.1, 0.15) is 6.29 Å². The van der Waals surface area contributed by atoms with E-state index in [0.717, 1.165) is 11.9 Å². The molecule has 0 spiro atoms. The van der Waals surface area contributed by atoms with Crippen molar-refractivity contribution in [2.24, 2.45) is 0 Å². The Kier molecular flexibility index (Phi) is 7.54. The number of carbonyl (C=O) groups is 1. The van der Waals surface area contributed by atoms with E-state index in [1.807, 2.05) is 13.8 Å². The predicted octanol–water partition coefficient (Wildman–Crippen LogP) is 1.57. The molecule has 13 heavy (non-hydrogen) atoms. The van der Waals surface area contributed by atoms with E-state index in [2.05, 4.69) is 0 Å². The summed E-state index contributed by atoms with van der Waals surface area (Å²) in [6.45, 7) is 7.91. The fourth-order valence-corrected chi connectivity index (χ4v) is 0.803. The monoisotopic (exact) mass is 186 g/mol. The van der Waals surface area contributed by atoms with Crippen LogP contribution in [0.5, 0.6) is 0 Å². The summed E-state index contributed by atoms with van der Waals surface area (Å²) in [7, 11) is 0. The van der Waals surface area contributed by atoms with Gasteiger partial charge in [0.05, 0.1) is 13.2 Å². The molecule has 0 saturated heterocycles. The summed E-state index contributed by atoms with van der Waals surface area (Å²) in [4.78, 5) is 10.5. The standard InChI is InChI=1S/C10H18O3/c1-4-12-7-10(8-13-5-2)9(3)6-11/h6H,4-5,7-8H2,1-3H3. The van der Waals surface area contributed by atoms with Gasteiger partial charge in [0, 0.05) is 13.2 Å². The van der Waals surface area contributed by atoms with Gasteiger partial charge in [-0.1, -0.05) is 0 Å². The Balaban J connectivity index is 4.10. The fraction of sp³-hybridized carbons (Fsp3) is 0.700. The maximum atomic E-state index is 10.5. The minimum atomic E-state index is 0.487. The van der Waals surface area contributed by atoms with E-state index in [-0.39, 0.29) is 0 Å². The predicted molar refractivity (Wildman–Crippen MR) is 51.8 cm³/mol. The third-order valence-electron chi connectivity index (χ3n) is 1.70. The van der Waals surface area contributed by atoms with Gasteiger partial charge in [-0.05, 0) is 31.9 Å². The molecule has 0 atom stereocenters. The Morgan fingerprint density at radius 3 is 1.92 bits per heavy atom. The van der Waals surface area contributed by atoms with Gasteiger partial charge in [-0.15, -0.1) is 0 Å². The van der Waals surface area contributed by atoms with Crippen LogP contribution in [0.15, 0.2) is 11.1 Å². The van der Waals surface area contributed by atoms with E-state index in [1.165, 1.54) is 0 Å². The zero-order chi connectivity index (χ0) is 10.1. The van der Waals surface area contributed by atoms with Crippen LogP contribution in [0, 0.1) is 0 Å². The molecule has 0 bridgehead atoms. The van der Waals surface area contributed by atoms with Crippen LogP contribution in [0.25, 0.3) is 0 Å². The lowest BCUT2D eigenvalue weighted by molar-refractivity contribution is -0.105. The third-order valence-corrected chi connectivity index (χ3v) is 1.70. The average molecular weight is 186 g/mol. The molecule has 3 nitrogen and oxygen atoms in total. The van der Waals surface area contributed by atoms with Gasteiger partial charge in [-0.3, -0.25) is 4.79 Å².